The predicted octanol–water partition coefficient (Wildman–Crippen LogP) is 1.92. The van der Waals surface area contributed by atoms with Gasteiger partial charge < -0.3 is 10.7 Å². The molecular formula is C12H14N4OS. The summed E-state index contributed by atoms with van der Waals surface area (Å²) in [5.74, 6) is 5.50. The van der Waals surface area contributed by atoms with Crippen molar-refractivity contribution in [3.63, 3.8) is 0 Å². The fourth-order valence-corrected chi connectivity index (χ4v) is 2.27. The topological polar surface area (TPSA) is 80.0 Å². The maximum absolute atomic E-state index is 12.0. The zero-order valence-corrected chi connectivity index (χ0v) is 10.7. The Hall–Kier alpha value is -1.92. The van der Waals surface area contributed by atoms with Crippen molar-refractivity contribution in [2.24, 2.45) is 5.84 Å². The molecule has 0 aliphatic carbocycles. The molecule has 0 aliphatic rings. The molecule has 2 heterocycles. The van der Waals surface area contributed by atoms with Crippen LogP contribution in [0.1, 0.15) is 29.0 Å². The Bertz CT molecular complexity index is 527. The number of amides is 1. The number of nitrogens with two attached hydrogens (primary N) is 1. The number of nitrogen functional groups attached to an aromatic ring is 1. The third-order valence-electron chi connectivity index (χ3n) is 2.52. The van der Waals surface area contributed by atoms with Crippen LogP contribution >= 0.6 is 11.3 Å². The molecule has 0 aromatic carbocycles. The summed E-state index contributed by atoms with van der Waals surface area (Å²) in [7, 11) is 0. The summed E-state index contributed by atoms with van der Waals surface area (Å²) in [6.07, 6.45) is 0. The van der Waals surface area contributed by atoms with Crippen LogP contribution in [-0.2, 0) is 0 Å². The normalized spacial score (nSPS) is 11.9. The van der Waals surface area contributed by atoms with Crippen molar-refractivity contribution in [1.29, 1.82) is 0 Å². The number of hydrogen-bond acceptors (Lipinski definition) is 5. The maximum atomic E-state index is 12.0. The Kier molecular flexibility index (Phi) is 3.91. The molecule has 2 aromatic heterocycles. The summed E-state index contributed by atoms with van der Waals surface area (Å²) in [5.41, 5.74) is 3.84. The van der Waals surface area contributed by atoms with E-state index in [4.69, 9.17) is 5.84 Å². The zero-order valence-electron chi connectivity index (χ0n) is 9.88. The van der Waals surface area contributed by atoms with Crippen LogP contribution in [0, 0.1) is 0 Å². The molecule has 6 heteroatoms. The third kappa shape index (κ3) is 2.85. The first-order valence-electron chi connectivity index (χ1n) is 5.47. The summed E-state index contributed by atoms with van der Waals surface area (Å²) in [4.78, 5) is 16.1. The minimum Gasteiger partial charge on any atom is -0.344 e. The van der Waals surface area contributed by atoms with Crippen molar-refractivity contribution >= 4 is 23.1 Å². The maximum Gasteiger partial charge on any atom is 0.270 e. The average molecular weight is 262 g/mol. The summed E-state index contributed by atoms with van der Waals surface area (Å²) in [6.45, 7) is 1.94. The SMILES string of the molecule is CC(NC(=O)c1cccc(NN)n1)c1ccsc1. The molecule has 2 aromatic rings. The van der Waals surface area contributed by atoms with E-state index in [1.165, 1.54) is 0 Å². The Morgan fingerprint density at radius 1 is 1.44 bits per heavy atom. The quantitative estimate of drug-likeness (QED) is 0.581. The summed E-state index contributed by atoms with van der Waals surface area (Å²) < 4.78 is 0. The number of anilines is 1. The smallest absolute Gasteiger partial charge is 0.270 e. The van der Waals surface area contributed by atoms with Crippen molar-refractivity contribution in [3.8, 4) is 0 Å². The van der Waals surface area contributed by atoms with E-state index in [1.54, 1.807) is 29.5 Å². The summed E-state index contributed by atoms with van der Waals surface area (Å²) in [6, 6.07) is 7.02. The van der Waals surface area contributed by atoms with Gasteiger partial charge >= 0.3 is 0 Å². The molecule has 0 aliphatic heterocycles. The molecule has 0 fully saturated rings. The highest BCUT2D eigenvalue weighted by atomic mass is 32.1. The van der Waals surface area contributed by atoms with E-state index in [1.807, 2.05) is 23.8 Å². The first-order valence-corrected chi connectivity index (χ1v) is 6.41. The lowest BCUT2D eigenvalue weighted by atomic mass is 10.2. The van der Waals surface area contributed by atoms with Gasteiger partial charge in [-0.2, -0.15) is 11.3 Å². The van der Waals surface area contributed by atoms with Gasteiger partial charge in [-0.1, -0.05) is 6.07 Å². The van der Waals surface area contributed by atoms with Gasteiger partial charge in [-0.15, -0.1) is 0 Å². The van der Waals surface area contributed by atoms with Crippen molar-refractivity contribution in [2.75, 3.05) is 5.43 Å². The highest BCUT2D eigenvalue weighted by Gasteiger charge is 2.12. The fraction of sp³-hybridized carbons (Fsp3) is 0.167. The number of pyridine rings is 1. The van der Waals surface area contributed by atoms with E-state index in [9.17, 15) is 4.79 Å². The molecule has 1 unspecified atom stereocenters. The zero-order chi connectivity index (χ0) is 13.0. The Morgan fingerprint density at radius 2 is 2.28 bits per heavy atom. The second-order valence-electron chi connectivity index (χ2n) is 3.80. The Balaban J connectivity index is 2.07. The van der Waals surface area contributed by atoms with Crippen LogP contribution in [0.4, 0.5) is 5.82 Å². The molecule has 1 atom stereocenters. The number of carbonyl (C=O) groups is 1. The number of thiophene rings is 1. The number of nitrogens with one attached hydrogen (secondary N) is 2. The van der Waals surface area contributed by atoms with Gasteiger partial charge in [0.2, 0.25) is 0 Å². The number of nitrogens with zero attached hydrogens (tertiary/aromatic N) is 1. The number of hydrogen-bond donors (Lipinski definition) is 3. The number of carbonyl (C=O) groups excluding carboxylic acids is 1. The molecule has 4 N–H and O–H groups in total. The van der Waals surface area contributed by atoms with E-state index >= 15 is 0 Å². The van der Waals surface area contributed by atoms with Crippen molar-refractivity contribution in [2.45, 2.75) is 13.0 Å². The van der Waals surface area contributed by atoms with E-state index in [-0.39, 0.29) is 11.9 Å². The minimum atomic E-state index is -0.217. The van der Waals surface area contributed by atoms with Crippen LogP contribution in [0.3, 0.4) is 0 Å². The average Bonchev–Trinajstić information content (AvgIpc) is 2.92. The monoisotopic (exact) mass is 262 g/mol. The van der Waals surface area contributed by atoms with E-state index in [0.717, 1.165) is 5.56 Å². The van der Waals surface area contributed by atoms with Gasteiger partial charge in [-0.05, 0) is 41.4 Å². The second kappa shape index (κ2) is 5.61. The van der Waals surface area contributed by atoms with Gasteiger partial charge in [0.15, 0.2) is 0 Å². The van der Waals surface area contributed by atoms with Crippen molar-refractivity contribution < 1.29 is 4.79 Å². The first kappa shape index (κ1) is 12.5. The highest BCUT2D eigenvalue weighted by Crippen LogP contribution is 2.16. The standard InChI is InChI=1S/C12H14N4OS/c1-8(9-5-6-18-7-9)14-12(17)10-3-2-4-11(15-10)16-13/h2-8H,13H2,1H3,(H,14,17)(H,15,16). The molecule has 94 valence electrons. The molecule has 0 bridgehead atoms. The molecule has 0 saturated heterocycles. The van der Waals surface area contributed by atoms with Crippen LogP contribution in [0.25, 0.3) is 0 Å². The van der Waals surface area contributed by atoms with E-state index < -0.39 is 0 Å². The highest BCUT2D eigenvalue weighted by molar-refractivity contribution is 7.07. The molecule has 0 saturated carbocycles. The van der Waals surface area contributed by atoms with Gasteiger partial charge in [-0.25, -0.2) is 10.8 Å². The number of rotatable bonds is 4. The lowest BCUT2D eigenvalue weighted by Crippen LogP contribution is -2.27. The van der Waals surface area contributed by atoms with Gasteiger partial charge in [0, 0.05) is 0 Å². The van der Waals surface area contributed by atoms with E-state index in [2.05, 4.69) is 15.7 Å². The van der Waals surface area contributed by atoms with E-state index in [0.29, 0.717) is 11.5 Å². The van der Waals surface area contributed by atoms with Gasteiger partial charge in [0.05, 0.1) is 6.04 Å². The lowest BCUT2D eigenvalue weighted by molar-refractivity contribution is 0.0935. The van der Waals surface area contributed by atoms with Gasteiger partial charge in [0.25, 0.3) is 5.91 Å². The molecule has 0 spiro atoms. The Labute approximate surface area is 109 Å². The third-order valence-corrected chi connectivity index (χ3v) is 3.22. The molecule has 18 heavy (non-hydrogen) atoms. The van der Waals surface area contributed by atoms with Gasteiger partial charge in [-0.3, -0.25) is 4.79 Å². The molecule has 5 nitrogen and oxygen atoms in total. The van der Waals surface area contributed by atoms with Crippen LogP contribution in [0.5, 0.6) is 0 Å². The predicted molar refractivity (Wildman–Crippen MR) is 72.2 cm³/mol. The number of hydrazine groups is 1. The molecule has 2 rings (SSSR count). The van der Waals surface area contributed by atoms with Crippen LogP contribution in [0.15, 0.2) is 35.0 Å². The van der Waals surface area contributed by atoms with Crippen LogP contribution < -0.4 is 16.6 Å². The van der Waals surface area contributed by atoms with Crippen LogP contribution in [-0.4, -0.2) is 10.9 Å². The Morgan fingerprint density at radius 3 is 2.94 bits per heavy atom. The minimum absolute atomic E-state index is 0.0416. The first-order chi connectivity index (χ1) is 8.70. The molecule has 0 radical (unpaired) electrons. The molecule has 1 amide bonds. The largest absolute Gasteiger partial charge is 0.344 e. The fourth-order valence-electron chi connectivity index (χ4n) is 1.52. The second-order valence-corrected chi connectivity index (χ2v) is 4.58. The van der Waals surface area contributed by atoms with Crippen molar-refractivity contribution in [3.05, 3.63) is 46.3 Å². The van der Waals surface area contributed by atoms with Crippen LogP contribution in [0.2, 0.25) is 0 Å². The summed E-state index contributed by atoms with van der Waals surface area (Å²) >= 11 is 1.60. The van der Waals surface area contributed by atoms with Crippen molar-refractivity contribution in [1.82, 2.24) is 10.3 Å². The summed E-state index contributed by atoms with van der Waals surface area (Å²) in [5, 5.41) is 6.88. The molecular weight excluding hydrogens is 248 g/mol. The lowest BCUT2D eigenvalue weighted by Gasteiger charge is -2.12. The van der Waals surface area contributed by atoms with Gasteiger partial charge in [0.1, 0.15) is 11.5 Å². The number of aromatic nitrogens is 1.